The summed E-state index contributed by atoms with van der Waals surface area (Å²) in [5.74, 6) is 0. The molecule has 0 aliphatic heterocycles. The molecule has 0 fully saturated rings. The number of nitro benzene ring substituents is 1. The molecular weight excluding hydrogens is 543 g/mol. The summed E-state index contributed by atoms with van der Waals surface area (Å²) in [6, 6.07) is 28.3. The number of thiazole rings is 1. The number of aromatic nitrogens is 3. The maximum Gasteiger partial charge on any atom is 0.269 e. The third-order valence-corrected chi connectivity index (χ3v) is 7.12. The van der Waals surface area contributed by atoms with Crippen LogP contribution in [0.1, 0.15) is 16.1 Å². The first kappa shape index (κ1) is 26.6. The molecule has 0 atom stereocenters. The van der Waals surface area contributed by atoms with Crippen LogP contribution in [-0.4, -0.2) is 30.5 Å². The second-order valence-corrected chi connectivity index (χ2v) is 10.0. The van der Waals surface area contributed by atoms with E-state index < -0.39 is 4.92 Å². The monoisotopic (exact) mass is 565 g/mol. The molecule has 198 valence electrons. The summed E-state index contributed by atoms with van der Waals surface area (Å²) in [7, 11) is 0. The van der Waals surface area contributed by atoms with Crippen LogP contribution in [0, 0.1) is 17.0 Å². The van der Waals surface area contributed by atoms with Crippen molar-refractivity contribution in [2.45, 2.75) is 6.92 Å². The van der Waals surface area contributed by atoms with Gasteiger partial charge >= 0.3 is 0 Å². The minimum atomic E-state index is -0.434. The zero-order valence-corrected chi connectivity index (χ0v) is 22.9. The van der Waals surface area contributed by atoms with Crippen molar-refractivity contribution in [2.75, 3.05) is 0 Å². The Kier molecular flexibility index (Phi) is 7.85. The van der Waals surface area contributed by atoms with E-state index in [-0.39, 0.29) is 10.8 Å². The average Bonchev–Trinajstić information content (AvgIpc) is 3.58. The molecule has 9 nitrogen and oxygen atoms in total. The quantitative estimate of drug-likeness (QED) is 0.100. The summed E-state index contributed by atoms with van der Waals surface area (Å²) < 4.78 is 1.84. The standard InChI is InChI=1S/C29H23N7O2S2/c1-19-27(24(32-33-28(30)39)17-14-20-12-15-23(16-13-20)36(37)38)40-29(31-19)35-26(22-10-6-3-7-11-22)18-25(34-35)21-8-4-2-5-9-21/h2-18H,1H3,(H3,30,33,39)/b17-14+,32-24-. The maximum absolute atomic E-state index is 11.0. The molecule has 0 unspecified atom stereocenters. The van der Waals surface area contributed by atoms with E-state index in [0.717, 1.165) is 38.6 Å². The van der Waals surface area contributed by atoms with Crippen molar-refractivity contribution in [1.29, 1.82) is 0 Å². The van der Waals surface area contributed by atoms with Crippen molar-refractivity contribution in [3.63, 3.8) is 0 Å². The third-order valence-electron chi connectivity index (χ3n) is 5.87. The average molecular weight is 566 g/mol. The maximum atomic E-state index is 11.0. The Balaban J connectivity index is 1.56. The smallest absolute Gasteiger partial charge is 0.269 e. The van der Waals surface area contributed by atoms with Gasteiger partial charge in [-0.15, -0.1) is 0 Å². The lowest BCUT2D eigenvalue weighted by Crippen LogP contribution is -2.25. The number of benzene rings is 3. The Labute approximate surface area is 239 Å². The highest BCUT2D eigenvalue weighted by atomic mass is 32.1. The summed E-state index contributed by atoms with van der Waals surface area (Å²) in [4.78, 5) is 16.2. The Bertz CT molecular complexity index is 1730. The second kappa shape index (κ2) is 11.8. The highest BCUT2D eigenvalue weighted by Crippen LogP contribution is 2.31. The summed E-state index contributed by atoms with van der Waals surface area (Å²) in [5, 5.41) is 21.0. The van der Waals surface area contributed by atoms with Gasteiger partial charge in [0.25, 0.3) is 5.69 Å². The topological polar surface area (TPSA) is 124 Å². The van der Waals surface area contributed by atoms with Gasteiger partial charge in [-0.05, 0) is 49.0 Å². The van der Waals surface area contributed by atoms with Crippen LogP contribution in [0.4, 0.5) is 5.69 Å². The van der Waals surface area contributed by atoms with Gasteiger partial charge in [-0.3, -0.25) is 15.5 Å². The number of nitrogens with two attached hydrogens (primary N) is 1. The van der Waals surface area contributed by atoms with Crippen LogP contribution in [-0.2, 0) is 0 Å². The molecule has 0 bridgehead atoms. The minimum absolute atomic E-state index is 0.0208. The largest absolute Gasteiger partial charge is 0.375 e. The third kappa shape index (κ3) is 6.01. The summed E-state index contributed by atoms with van der Waals surface area (Å²) in [5.41, 5.74) is 14.1. The van der Waals surface area contributed by atoms with Crippen LogP contribution in [0.25, 0.3) is 33.7 Å². The van der Waals surface area contributed by atoms with Crippen LogP contribution in [0.2, 0.25) is 0 Å². The first-order chi connectivity index (χ1) is 19.4. The van der Waals surface area contributed by atoms with Crippen LogP contribution < -0.4 is 11.2 Å². The van der Waals surface area contributed by atoms with Crippen LogP contribution in [0.5, 0.6) is 0 Å². The predicted octanol–water partition coefficient (Wildman–Crippen LogP) is 6.13. The Hall–Kier alpha value is -5.00. The van der Waals surface area contributed by atoms with Gasteiger partial charge in [-0.1, -0.05) is 78.1 Å². The summed E-state index contributed by atoms with van der Waals surface area (Å²) in [6.45, 7) is 1.90. The number of nitrogens with zero attached hydrogens (tertiary/aromatic N) is 5. The van der Waals surface area contributed by atoms with Gasteiger partial charge in [0, 0.05) is 23.3 Å². The molecule has 11 heteroatoms. The molecule has 0 saturated carbocycles. The van der Waals surface area contributed by atoms with Crippen LogP contribution >= 0.6 is 23.6 Å². The van der Waals surface area contributed by atoms with E-state index in [1.165, 1.54) is 23.5 Å². The molecule has 0 saturated heterocycles. The molecule has 0 amide bonds. The molecule has 0 radical (unpaired) electrons. The summed E-state index contributed by atoms with van der Waals surface area (Å²) in [6.07, 6.45) is 3.59. The highest BCUT2D eigenvalue weighted by Gasteiger charge is 2.19. The number of nitro groups is 1. The van der Waals surface area contributed by atoms with Crippen molar-refractivity contribution in [2.24, 2.45) is 10.8 Å². The number of allylic oxidation sites excluding steroid dienone is 1. The first-order valence-corrected chi connectivity index (χ1v) is 13.4. The van der Waals surface area contributed by atoms with E-state index in [4.69, 9.17) is 28.0 Å². The Morgan fingerprint density at radius 1 is 1.05 bits per heavy atom. The zero-order valence-electron chi connectivity index (χ0n) is 21.3. The second-order valence-electron chi connectivity index (χ2n) is 8.62. The highest BCUT2D eigenvalue weighted by molar-refractivity contribution is 7.80. The van der Waals surface area contributed by atoms with E-state index in [0.29, 0.717) is 10.8 Å². The van der Waals surface area contributed by atoms with Crippen molar-refractivity contribution in [3.05, 3.63) is 123 Å². The number of thiocarbonyl (C=S) groups is 1. The molecule has 3 aromatic carbocycles. The van der Waals surface area contributed by atoms with Crippen molar-refractivity contribution in [3.8, 4) is 27.6 Å². The normalized spacial score (nSPS) is 11.6. The van der Waals surface area contributed by atoms with Crippen LogP contribution in [0.15, 0.2) is 102 Å². The fraction of sp³-hybridized carbons (Fsp3) is 0.0345. The number of aryl methyl sites for hydroxylation is 1. The molecule has 2 aromatic heterocycles. The van der Waals surface area contributed by atoms with Crippen molar-refractivity contribution < 1.29 is 4.92 Å². The minimum Gasteiger partial charge on any atom is -0.375 e. The van der Waals surface area contributed by atoms with E-state index in [1.54, 1.807) is 24.3 Å². The number of hydrogen-bond acceptors (Lipinski definition) is 7. The van der Waals surface area contributed by atoms with E-state index in [9.17, 15) is 10.1 Å². The number of non-ortho nitro benzene ring substituents is 1. The molecule has 0 aliphatic carbocycles. The number of hydrogen-bond donors (Lipinski definition) is 2. The van der Waals surface area contributed by atoms with Gasteiger partial charge in [-0.25, -0.2) is 9.67 Å². The lowest BCUT2D eigenvalue weighted by molar-refractivity contribution is -0.384. The Morgan fingerprint density at radius 2 is 1.70 bits per heavy atom. The molecule has 0 spiro atoms. The fourth-order valence-electron chi connectivity index (χ4n) is 3.96. The Morgan fingerprint density at radius 3 is 2.33 bits per heavy atom. The predicted molar refractivity (Wildman–Crippen MR) is 163 cm³/mol. The molecule has 40 heavy (non-hydrogen) atoms. The molecule has 3 N–H and O–H groups in total. The van der Waals surface area contributed by atoms with Gasteiger partial charge in [0.15, 0.2) is 5.11 Å². The SMILES string of the molecule is Cc1nc(-n2nc(-c3ccccc3)cc2-c2ccccc2)sc1C(/C=C/c1ccc([N+](=O)[O-])cc1)=N\NC(N)=S. The molecule has 5 rings (SSSR count). The van der Waals surface area contributed by atoms with Gasteiger partial charge in [-0.2, -0.15) is 10.2 Å². The summed E-state index contributed by atoms with van der Waals surface area (Å²) >= 11 is 6.39. The van der Waals surface area contributed by atoms with Gasteiger partial charge in [0.2, 0.25) is 5.13 Å². The molecular formula is C29H23N7O2S2. The zero-order chi connectivity index (χ0) is 28.1. The molecule has 2 heterocycles. The number of hydrazone groups is 1. The van der Waals surface area contributed by atoms with Gasteiger partial charge in [0.1, 0.15) is 5.71 Å². The van der Waals surface area contributed by atoms with Crippen molar-refractivity contribution >= 4 is 46.1 Å². The number of rotatable bonds is 8. The van der Waals surface area contributed by atoms with Crippen LogP contribution in [0.3, 0.4) is 0 Å². The molecule has 0 aliphatic rings. The fourth-order valence-corrected chi connectivity index (χ4v) is 5.01. The lowest BCUT2D eigenvalue weighted by atomic mass is 10.1. The van der Waals surface area contributed by atoms with Gasteiger partial charge < -0.3 is 5.73 Å². The lowest BCUT2D eigenvalue weighted by Gasteiger charge is -2.04. The van der Waals surface area contributed by atoms with Crippen molar-refractivity contribution in [1.82, 2.24) is 20.2 Å². The first-order valence-electron chi connectivity index (χ1n) is 12.1. The van der Waals surface area contributed by atoms with E-state index in [1.807, 2.05) is 72.3 Å². The molecule has 5 aromatic rings. The van der Waals surface area contributed by atoms with E-state index in [2.05, 4.69) is 16.6 Å². The van der Waals surface area contributed by atoms with Gasteiger partial charge in [0.05, 0.1) is 26.9 Å². The number of nitrogens with one attached hydrogen (secondary N) is 1. The van der Waals surface area contributed by atoms with E-state index >= 15 is 0 Å².